The van der Waals surface area contributed by atoms with Crippen molar-refractivity contribution >= 4 is 15.7 Å². The standard InChI is InChI=1S/C19H23F2NO4S/c1-13(2)10-11-27(23,24)22-15-6-9-18(26-19(20)21)17(12-15)14-4-7-16(25-3)8-5-14/h4-9,12-13,19,22H,10-11H2,1-3H3. The number of methoxy groups -OCH3 is 1. The van der Waals surface area contributed by atoms with Gasteiger partial charge in [-0.1, -0.05) is 26.0 Å². The molecule has 0 fully saturated rings. The summed E-state index contributed by atoms with van der Waals surface area (Å²) in [6, 6.07) is 10.9. The van der Waals surface area contributed by atoms with E-state index in [9.17, 15) is 17.2 Å². The first-order valence-electron chi connectivity index (χ1n) is 8.44. The topological polar surface area (TPSA) is 64.6 Å². The van der Waals surface area contributed by atoms with Crippen LogP contribution in [0.1, 0.15) is 20.3 Å². The molecule has 0 aliphatic heterocycles. The normalized spacial score (nSPS) is 11.7. The molecule has 0 radical (unpaired) electrons. The summed E-state index contributed by atoms with van der Waals surface area (Å²) in [5.74, 6) is 0.803. The second-order valence-corrected chi connectivity index (χ2v) is 8.26. The van der Waals surface area contributed by atoms with Gasteiger partial charge in [0.2, 0.25) is 10.0 Å². The SMILES string of the molecule is COc1ccc(-c2cc(NS(=O)(=O)CCC(C)C)ccc2OC(F)F)cc1. The minimum absolute atomic E-state index is 0.0161. The number of hydrogen-bond donors (Lipinski definition) is 1. The molecule has 2 aromatic rings. The monoisotopic (exact) mass is 399 g/mol. The number of hydrogen-bond acceptors (Lipinski definition) is 4. The molecule has 148 valence electrons. The van der Waals surface area contributed by atoms with Gasteiger partial charge in [-0.25, -0.2) is 8.42 Å². The molecule has 0 spiro atoms. The molecule has 1 N–H and O–H groups in total. The summed E-state index contributed by atoms with van der Waals surface area (Å²) in [4.78, 5) is 0. The van der Waals surface area contributed by atoms with E-state index in [1.165, 1.54) is 25.3 Å². The number of ether oxygens (including phenoxy) is 2. The van der Waals surface area contributed by atoms with Crippen LogP contribution in [0, 0.1) is 5.92 Å². The summed E-state index contributed by atoms with van der Waals surface area (Å²) >= 11 is 0. The Morgan fingerprint density at radius 2 is 1.74 bits per heavy atom. The summed E-state index contributed by atoms with van der Waals surface area (Å²) in [6.45, 7) is 0.886. The number of alkyl halides is 2. The first kappa shape index (κ1) is 21.0. The molecule has 0 saturated heterocycles. The Morgan fingerprint density at radius 3 is 2.30 bits per heavy atom. The van der Waals surface area contributed by atoms with E-state index in [-0.39, 0.29) is 23.1 Å². The van der Waals surface area contributed by atoms with Crippen molar-refractivity contribution in [2.75, 3.05) is 17.6 Å². The summed E-state index contributed by atoms with van der Waals surface area (Å²) in [6.07, 6.45) is 0.521. The van der Waals surface area contributed by atoms with E-state index in [4.69, 9.17) is 4.74 Å². The first-order chi connectivity index (χ1) is 12.7. The Bertz CT molecular complexity index is 853. The van der Waals surface area contributed by atoms with Crippen LogP contribution < -0.4 is 14.2 Å². The van der Waals surface area contributed by atoms with Crippen LogP contribution in [0.5, 0.6) is 11.5 Å². The molecular formula is C19H23F2NO4S. The van der Waals surface area contributed by atoms with Crippen LogP contribution in [-0.2, 0) is 10.0 Å². The Labute approximate surface area is 158 Å². The van der Waals surface area contributed by atoms with Gasteiger partial charge in [0, 0.05) is 11.3 Å². The first-order valence-corrected chi connectivity index (χ1v) is 10.1. The van der Waals surface area contributed by atoms with E-state index in [2.05, 4.69) is 9.46 Å². The van der Waals surface area contributed by atoms with Crippen LogP contribution in [-0.4, -0.2) is 27.9 Å². The lowest BCUT2D eigenvalue weighted by atomic mass is 10.0. The van der Waals surface area contributed by atoms with Gasteiger partial charge in [-0.05, 0) is 48.2 Å². The Hall–Kier alpha value is -2.35. The second kappa shape index (κ2) is 9.03. The average Bonchev–Trinajstić information content (AvgIpc) is 2.61. The molecule has 0 aliphatic rings. The van der Waals surface area contributed by atoms with Gasteiger partial charge in [-0.2, -0.15) is 8.78 Å². The molecule has 2 rings (SSSR count). The molecule has 0 bridgehead atoms. The van der Waals surface area contributed by atoms with Crippen molar-refractivity contribution < 1.29 is 26.7 Å². The summed E-state index contributed by atoms with van der Waals surface area (Å²) in [7, 11) is -2.01. The molecule has 8 heteroatoms. The van der Waals surface area contributed by atoms with Gasteiger partial charge < -0.3 is 9.47 Å². The van der Waals surface area contributed by atoms with Crippen molar-refractivity contribution in [1.29, 1.82) is 0 Å². The number of benzene rings is 2. The maximum Gasteiger partial charge on any atom is 0.387 e. The van der Waals surface area contributed by atoms with Crippen molar-refractivity contribution in [3.63, 3.8) is 0 Å². The summed E-state index contributed by atoms with van der Waals surface area (Å²) in [5, 5.41) is 0. The average molecular weight is 399 g/mol. The highest BCUT2D eigenvalue weighted by atomic mass is 32.2. The molecule has 0 aromatic heterocycles. The Balaban J connectivity index is 2.35. The largest absolute Gasteiger partial charge is 0.497 e. The molecule has 0 heterocycles. The van der Waals surface area contributed by atoms with Gasteiger partial charge in [-0.15, -0.1) is 0 Å². The Morgan fingerprint density at radius 1 is 1.07 bits per heavy atom. The van der Waals surface area contributed by atoms with Crippen LogP contribution in [0.4, 0.5) is 14.5 Å². The minimum atomic E-state index is -3.53. The number of sulfonamides is 1. The van der Waals surface area contributed by atoms with Gasteiger partial charge in [0.05, 0.1) is 12.9 Å². The van der Waals surface area contributed by atoms with E-state index in [0.29, 0.717) is 23.3 Å². The third kappa shape index (κ3) is 6.39. The number of halogens is 2. The lowest BCUT2D eigenvalue weighted by Crippen LogP contribution is -2.18. The fourth-order valence-corrected chi connectivity index (χ4v) is 3.78. The number of anilines is 1. The van der Waals surface area contributed by atoms with Crippen LogP contribution in [0.3, 0.4) is 0 Å². The van der Waals surface area contributed by atoms with E-state index < -0.39 is 16.6 Å². The van der Waals surface area contributed by atoms with Crippen molar-refractivity contribution in [3.05, 3.63) is 42.5 Å². The summed E-state index contributed by atoms with van der Waals surface area (Å²) < 4.78 is 62.1. The lowest BCUT2D eigenvalue weighted by molar-refractivity contribution is -0.0494. The van der Waals surface area contributed by atoms with E-state index in [1.807, 2.05) is 13.8 Å². The van der Waals surface area contributed by atoms with Crippen molar-refractivity contribution in [1.82, 2.24) is 0 Å². The van der Waals surface area contributed by atoms with Crippen molar-refractivity contribution in [3.8, 4) is 22.6 Å². The van der Waals surface area contributed by atoms with Crippen LogP contribution in [0.25, 0.3) is 11.1 Å². The molecule has 0 atom stereocenters. The second-order valence-electron chi connectivity index (χ2n) is 6.42. The van der Waals surface area contributed by atoms with E-state index in [1.54, 1.807) is 24.3 Å². The molecule has 0 saturated carbocycles. The maximum absolute atomic E-state index is 12.7. The van der Waals surface area contributed by atoms with Crippen LogP contribution in [0.2, 0.25) is 0 Å². The molecule has 0 aliphatic carbocycles. The molecular weight excluding hydrogens is 376 g/mol. The number of rotatable bonds is 9. The van der Waals surface area contributed by atoms with Crippen LogP contribution in [0.15, 0.2) is 42.5 Å². The lowest BCUT2D eigenvalue weighted by Gasteiger charge is -2.15. The third-order valence-electron chi connectivity index (χ3n) is 3.83. The quantitative estimate of drug-likeness (QED) is 0.661. The molecule has 2 aromatic carbocycles. The van der Waals surface area contributed by atoms with Gasteiger partial charge in [0.1, 0.15) is 11.5 Å². The van der Waals surface area contributed by atoms with Gasteiger partial charge in [-0.3, -0.25) is 4.72 Å². The van der Waals surface area contributed by atoms with Gasteiger partial charge in [0.25, 0.3) is 0 Å². The van der Waals surface area contributed by atoms with Gasteiger partial charge >= 0.3 is 6.61 Å². The highest BCUT2D eigenvalue weighted by Gasteiger charge is 2.16. The van der Waals surface area contributed by atoms with Crippen molar-refractivity contribution in [2.45, 2.75) is 26.9 Å². The predicted octanol–water partition coefficient (Wildman–Crippen LogP) is 4.75. The zero-order valence-electron chi connectivity index (χ0n) is 15.4. The zero-order valence-corrected chi connectivity index (χ0v) is 16.2. The third-order valence-corrected chi connectivity index (χ3v) is 5.15. The fourth-order valence-electron chi connectivity index (χ4n) is 2.41. The van der Waals surface area contributed by atoms with Crippen molar-refractivity contribution in [2.24, 2.45) is 5.92 Å². The number of nitrogens with one attached hydrogen (secondary N) is 1. The fraction of sp³-hybridized carbons (Fsp3) is 0.368. The smallest absolute Gasteiger partial charge is 0.387 e. The predicted molar refractivity (Wildman–Crippen MR) is 102 cm³/mol. The minimum Gasteiger partial charge on any atom is -0.497 e. The zero-order chi connectivity index (χ0) is 20.0. The van der Waals surface area contributed by atoms with Crippen LogP contribution >= 0.6 is 0 Å². The van der Waals surface area contributed by atoms with E-state index in [0.717, 1.165) is 0 Å². The molecule has 0 unspecified atom stereocenters. The molecule has 27 heavy (non-hydrogen) atoms. The molecule has 5 nitrogen and oxygen atoms in total. The molecule has 0 amide bonds. The van der Waals surface area contributed by atoms with E-state index >= 15 is 0 Å². The Kier molecular flexibility index (Phi) is 7.01. The highest BCUT2D eigenvalue weighted by Crippen LogP contribution is 2.35. The maximum atomic E-state index is 12.7. The summed E-state index contributed by atoms with van der Waals surface area (Å²) in [5.41, 5.74) is 1.22. The van der Waals surface area contributed by atoms with Gasteiger partial charge in [0.15, 0.2) is 0 Å². The highest BCUT2D eigenvalue weighted by molar-refractivity contribution is 7.92.